The normalized spacial score (nSPS) is 13.4. The molecule has 0 aliphatic heterocycles. The highest BCUT2D eigenvalue weighted by molar-refractivity contribution is 5.76. The number of allylic oxidation sites excluding steroid dienone is 2. The minimum Gasteiger partial charge on any atom is -0.394 e. The van der Waals surface area contributed by atoms with E-state index in [1.54, 1.807) is 0 Å². The van der Waals surface area contributed by atoms with Gasteiger partial charge in [0.05, 0.1) is 18.8 Å². The molecule has 4 N–H and O–H groups in total. The molecule has 0 saturated carbocycles. The van der Waals surface area contributed by atoms with Crippen molar-refractivity contribution in [1.29, 1.82) is 0 Å². The van der Waals surface area contributed by atoms with Crippen LogP contribution in [0.25, 0.3) is 0 Å². The molecule has 0 spiro atoms. The minimum absolute atomic E-state index is 0.141. The highest BCUT2D eigenvalue weighted by Gasteiger charge is 2.26. The molecule has 0 aromatic heterocycles. The molecule has 0 aliphatic carbocycles. The maximum absolute atomic E-state index is 12.5. The Morgan fingerprint density at radius 1 is 0.407 bits per heavy atom. The predicted octanol–water partition coefficient (Wildman–Crippen LogP) is 16.3. The maximum atomic E-state index is 12.5. The third-order valence-electron chi connectivity index (χ3n) is 12.9. The van der Waals surface area contributed by atoms with Crippen LogP contribution in [0.15, 0.2) is 12.2 Å². The van der Waals surface area contributed by atoms with Gasteiger partial charge in [-0.25, -0.2) is 0 Å². The average molecular weight is 834 g/mol. The average Bonchev–Trinajstić information content (AvgIpc) is 3.24. The zero-order valence-corrected chi connectivity index (χ0v) is 40.2. The van der Waals surface area contributed by atoms with Gasteiger partial charge in [0.15, 0.2) is 0 Å². The summed E-state index contributed by atoms with van der Waals surface area (Å²) in [6, 6.07) is -0.808. The molecule has 0 bridgehead atoms. The lowest BCUT2D eigenvalue weighted by molar-refractivity contribution is -0.124. The van der Waals surface area contributed by atoms with Crippen LogP contribution in [0.3, 0.4) is 0 Å². The fourth-order valence-electron chi connectivity index (χ4n) is 8.69. The van der Waals surface area contributed by atoms with Crippen molar-refractivity contribution in [2.24, 2.45) is 0 Å². The molecule has 0 aromatic rings. The van der Waals surface area contributed by atoms with Crippen LogP contribution in [0, 0.1) is 0 Å². The Morgan fingerprint density at radius 3 is 0.983 bits per heavy atom. The highest BCUT2D eigenvalue weighted by atomic mass is 16.3. The second-order valence-electron chi connectivity index (χ2n) is 18.8. The van der Waals surface area contributed by atoms with Crippen molar-refractivity contribution in [1.82, 2.24) is 5.32 Å². The second-order valence-corrected chi connectivity index (χ2v) is 18.8. The van der Waals surface area contributed by atoms with Gasteiger partial charge in [0, 0.05) is 6.42 Å². The zero-order valence-electron chi connectivity index (χ0n) is 40.2. The van der Waals surface area contributed by atoms with Crippen LogP contribution in [0.2, 0.25) is 0 Å². The number of amides is 1. The maximum Gasteiger partial charge on any atom is 0.220 e. The van der Waals surface area contributed by atoms with E-state index in [2.05, 4.69) is 31.3 Å². The van der Waals surface area contributed by atoms with Crippen molar-refractivity contribution in [2.45, 2.75) is 321 Å². The molecule has 0 aliphatic rings. The molecule has 0 heterocycles. The van der Waals surface area contributed by atoms with Crippen LogP contribution in [0.1, 0.15) is 303 Å². The molecule has 3 atom stereocenters. The first-order chi connectivity index (χ1) is 29.1. The summed E-state index contributed by atoms with van der Waals surface area (Å²) < 4.78 is 0. The Hall–Kier alpha value is -0.910. The molecule has 0 fully saturated rings. The largest absolute Gasteiger partial charge is 0.394 e. The zero-order chi connectivity index (χ0) is 43.0. The molecule has 0 aromatic carbocycles. The number of carbonyl (C=O) groups is 1. The van der Waals surface area contributed by atoms with Crippen LogP contribution in [0.4, 0.5) is 0 Å². The third-order valence-corrected chi connectivity index (χ3v) is 12.9. The SMILES string of the molecule is CCCCCCCCCCCCCC/C=C\CCCCCCCCCCCC(=O)NC(CO)C(O)C(O)CCCCCCCCCCCCCCCCCCCCCC. The van der Waals surface area contributed by atoms with Crippen molar-refractivity contribution in [2.75, 3.05) is 6.61 Å². The molecule has 3 unspecified atom stereocenters. The van der Waals surface area contributed by atoms with Crippen molar-refractivity contribution in [3.05, 3.63) is 12.2 Å². The van der Waals surface area contributed by atoms with Gasteiger partial charge in [0.25, 0.3) is 0 Å². The van der Waals surface area contributed by atoms with Gasteiger partial charge < -0.3 is 20.6 Å². The molecule has 59 heavy (non-hydrogen) atoms. The fourth-order valence-corrected chi connectivity index (χ4v) is 8.69. The molecule has 0 rings (SSSR count). The number of carbonyl (C=O) groups excluding carboxylic acids is 1. The van der Waals surface area contributed by atoms with Crippen LogP contribution < -0.4 is 5.32 Å². The standard InChI is InChI=1S/C54H107NO4/c1-3-5-7-9-11-13-15-17-19-21-23-25-26-27-28-29-31-33-35-37-39-41-43-45-47-49-53(58)55-51(50-56)54(59)52(57)48-46-44-42-40-38-36-34-32-30-24-22-20-18-16-14-12-10-8-6-4-2/h27-28,51-52,54,56-57,59H,3-26,29-50H2,1-2H3,(H,55,58)/b28-27-. The van der Waals surface area contributed by atoms with Crippen LogP contribution in [-0.4, -0.2) is 46.1 Å². The van der Waals surface area contributed by atoms with Gasteiger partial charge in [-0.15, -0.1) is 0 Å². The predicted molar refractivity (Wildman–Crippen MR) is 259 cm³/mol. The lowest BCUT2D eigenvalue weighted by Crippen LogP contribution is -2.50. The molecule has 0 radical (unpaired) electrons. The first kappa shape index (κ1) is 58.1. The van der Waals surface area contributed by atoms with Gasteiger partial charge in [-0.05, 0) is 38.5 Å². The van der Waals surface area contributed by atoms with Gasteiger partial charge in [0.2, 0.25) is 5.91 Å². The number of rotatable bonds is 50. The highest BCUT2D eigenvalue weighted by Crippen LogP contribution is 2.18. The van der Waals surface area contributed by atoms with Gasteiger partial charge in [0.1, 0.15) is 6.10 Å². The van der Waals surface area contributed by atoms with E-state index in [0.717, 1.165) is 32.1 Å². The Balaban J connectivity index is 3.54. The lowest BCUT2D eigenvalue weighted by Gasteiger charge is -2.26. The summed E-state index contributed by atoms with van der Waals surface area (Å²) in [6.45, 7) is 4.22. The van der Waals surface area contributed by atoms with Crippen molar-refractivity contribution in [3.63, 3.8) is 0 Å². The Kier molecular flexibility index (Phi) is 49.0. The number of aliphatic hydroxyl groups excluding tert-OH is 3. The number of aliphatic hydroxyl groups is 3. The second kappa shape index (κ2) is 49.7. The Bertz CT molecular complexity index is 833. The Morgan fingerprint density at radius 2 is 0.678 bits per heavy atom. The van der Waals surface area contributed by atoms with Crippen molar-refractivity contribution < 1.29 is 20.1 Å². The van der Waals surface area contributed by atoms with Crippen LogP contribution in [0.5, 0.6) is 0 Å². The summed E-state index contributed by atoms with van der Waals surface area (Å²) in [4.78, 5) is 12.5. The summed E-state index contributed by atoms with van der Waals surface area (Å²) in [5, 5.41) is 33.8. The topological polar surface area (TPSA) is 89.8 Å². The number of hydrogen-bond acceptors (Lipinski definition) is 4. The van der Waals surface area contributed by atoms with Crippen LogP contribution >= 0.6 is 0 Å². The van der Waals surface area contributed by atoms with E-state index in [1.165, 1.54) is 244 Å². The monoisotopic (exact) mass is 834 g/mol. The number of unbranched alkanes of at least 4 members (excludes halogenated alkanes) is 40. The summed E-state index contributed by atoms with van der Waals surface area (Å²) in [6.07, 6.45) is 60.6. The van der Waals surface area contributed by atoms with Crippen molar-refractivity contribution in [3.8, 4) is 0 Å². The molecular formula is C54H107NO4. The molecule has 5 nitrogen and oxygen atoms in total. The van der Waals surface area contributed by atoms with Gasteiger partial charge >= 0.3 is 0 Å². The molecule has 5 heteroatoms. The van der Waals surface area contributed by atoms with E-state index in [0.29, 0.717) is 12.8 Å². The first-order valence-corrected chi connectivity index (χ1v) is 27.0. The molecule has 352 valence electrons. The number of nitrogens with one attached hydrogen (secondary N) is 1. The molecular weight excluding hydrogens is 727 g/mol. The van der Waals surface area contributed by atoms with E-state index in [9.17, 15) is 20.1 Å². The Labute approximate surface area is 369 Å². The summed E-state index contributed by atoms with van der Waals surface area (Å²) in [5.74, 6) is -0.141. The smallest absolute Gasteiger partial charge is 0.220 e. The van der Waals surface area contributed by atoms with Crippen LogP contribution in [-0.2, 0) is 4.79 Å². The quantitative estimate of drug-likeness (QED) is 0.0363. The van der Waals surface area contributed by atoms with E-state index < -0.39 is 18.2 Å². The van der Waals surface area contributed by atoms with E-state index >= 15 is 0 Å². The van der Waals surface area contributed by atoms with E-state index in [-0.39, 0.29) is 12.5 Å². The van der Waals surface area contributed by atoms with Gasteiger partial charge in [-0.1, -0.05) is 270 Å². The van der Waals surface area contributed by atoms with E-state index in [4.69, 9.17) is 0 Å². The summed E-state index contributed by atoms with van der Waals surface area (Å²) in [7, 11) is 0. The number of hydrogen-bond donors (Lipinski definition) is 4. The molecule has 1 amide bonds. The van der Waals surface area contributed by atoms with E-state index in [1.807, 2.05) is 0 Å². The first-order valence-electron chi connectivity index (χ1n) is 27.0. The summed E-state index contributed by atoms with van der Waals surface area (Å²) >= 11 is 0. The van der Waals surface area contributed by atoms with Crippen molar-refractivity contribution >= 4 is 5.91 Å². The van der Waals surface area contributed by atoms with Gasteiger partial charge in [-0.3, -0.25) is 4.79 Å². The fraction of sp³-hybridized carbons (Fsp3) is 0.944. The lowest BCUT2D eigenvalue weighted by atomic mass is 9.99. The summed E-state index contributed by atoms with van der Waals surface area (Å²) in [5.41, 5.74) is 0. The minimum atomic E-state index is -1.13. The van der Waals surface area contributed by atoms with Gasteiger partial charge in [-0.2, -0.15) is 0 Å². The molecule has 0 saturated heterocycles. The third kappa shape index (κ3) is 44.9.